The van der Waals surface area contributed by atoms with Crippen LogP contribution in [0.3, 0.4) is 0 Å². The lowest BCUT2D eigenvalue weighted by molar-refractivity contribution is 0.0955. The third kappa shape index (κ3) is 4.65. The number of aromatic nitrogens is 2. The third-order valence-electron chi connectivity index (χ3n) is 5.89. The Morgan fingerprint density at radius 2 is 1.28 bits per heavy atom. The summed E-state index contributed by atoms with van der Waals surface area (Å²) in [6.07, 6.45) is 0. The Kier molecular flexibility index (Phi) is 6.40. The number of benzene rings is 4. The number of H-pyrrole nitrogens is 1. The molecule has 36 heavy (non-hydrogen) atoms. The molecule has 0 atom stereocenters. The summed E-state index contributed by atoms with van der Waals surface area (Å²) in [5.41, 5.74) is 7.82. The SMILES string of the molecule is Cc1[nH]n(-c2ccccc2)c(=O)c1/C(=N/NC(=O)c1ccc(-c2ccccc2)cc1)c1ccccc1. The first-order valence-electron chi connectivity index (χ1n) is 11.6. The van der Waals surface area contributed by atoms with E-state index in [1.807, 2.05) is 110 Å². The lowest BCUT2D eigenvalue weighted by atomic mass is 10.0. The molecule has 4 aromatic carbocycles. The molecule has 0 saturated carbocycles. The molecule has 6 heteroatoms. The number of hydrogen-bond acceptors (Lipinski definition) is 3. The van der Waals surface area contributed by atoms with E-state index in [-0.39, 0.29) is 11.5 Å². The van der Waals surface area contributed by atoms with Gasteiger partial charge in [0.25, 0.3) is 11.5 Å². The van der Waals surface area contributed by atoms with Gasteiger partial charge in [-0.1, -0.05) is 91.0 Å². The van der Waals surface area contributed by atoms with Crippen LogP contribution in [0, 0.1) is 6.92 Å². The summed E-state index contributed by atoms with van der Waals surface area (Å²) < 4.78 is 1.48. The largest absolute Gasteiger partial charge is 0.295 e. The zero-order chi connectivity index (χ0) is 24.9. The molecule has 5 aromatic rings. The van der Waals surface area contributed by atoms with E-state index in [0.717, 1.165) is 16.7 Å². The van der Waals surface area contributed by atoms with Crippen molar-refractivity contribution in [3.8, 4) is 16.8 Å². The Bertz CT molecular complexity index is 1570. The van der Waals surface area contributed by atoms with Crippen LogP contribution < -0.4 is 11.0 Å². The molecular formula is C30H24N4O2. The average molecular weight is 473 g/mol. The fourth-order valence-corrected chi connectivity index (χ4v) is 4.06. The topological polar surface area (TPSA) is 79.2 Å². The molecule has 176 valence electrons. The quantitative estimate of drug-likeness (QED) is 0.259. The number of amides is 1. The van der Waals surface area contributed by atoms with Crippen molar-refractivity contribution in [2.24, 2.45) is 5.10 Å². The second kappa shape index (κ2) is 10.1. The lowest BCUT2D eigenvalue weighted by Crippen LogP contribution is -2.25. The molecule has 0 aliphatic heterocycles. The number of rotatable bonds is 6. The maximum Gasteiger partial charge on any atom is 0.281 e. The maximum absolute atomic E-state index is 13.4. The third-order valence-corrected chi connectivity index (χ3v) is 5.89. The minimum absolute atomic E-state index is 0.247. The number of nitrogens with one attached hydrogen (secondary N) is 2. The van der Waals surface area contributed by atoms with Crippen molar-refractivity contribution in [3.05, 3.63) is 148 Å². The smallest absolute Gasteiger partial charge is 0.281 e. The van der Waals surface area contributed by atoms with Crippen molar-refractivity contribution in [1.82, 2.24) is 15.2 Å². The van der Waals surface area contributed by atoms with Crippen molar-refractivity contribution in [2.45, 2.75) is 6.92 Å². The lowest BCUT2D eigenvalue weighted by Gasteiger charge is -2.07. The Hall–Kier alpha value is -4.97. The highest BCUT2D eigenvalue weighted by atomic mass is 16.2. The summed E-state index contributed by atoms with van der Waals surface area (Å²) in [6.45, 7) is 1.82. The summed E-state index contributed by atoms with van der Waals surface area (Å²) in [6, 6.07) is 36.0. The molecule has 1 heterocycles. The fourth-order valence-electron chi connectivity index (χ4n) is 4.06. The van der Waals surface area contributed by atoms with Crippen molar-refractivity contribution in [3.63, 3.8) is 0 Å². The number of carbonyl (C=O) groups excluding carboxylic acids is 1. The Morgan fingerprint density at radius 3 is 1.92 bits per heavy atom. The van der Waals surface area contributed by atoms with Crippen LogP contribution in [0.15, 0.2) is 125 Å². The Balaban J connectivity index is 1.48. The van der Waals surface area contributed by atoms with Gasteiger partial charge >= 0.3 is 0 Å². The van der Waals surface area contributed by atoms with E-state index in [4.69, 9.17) is 0 Å². The van der Waals surface area contributed by atoms with E-state index in [0.29, 0.717) is 28.2 Å². The van der Waals surface area contributed by atoms with Gasteiger partial charge in [-0.3, -0.25) is 14.7 Å². The highest BCUT2D eigenvalue weighted by molar-refractivity contribution is 6.14. The van der Waals surface area contributed by atoms with E-state index >= 15 is 0 Å². The summed E-state index contributed by atoms with van der Waals surface area (Å²) in [5.74, 6) is -0.361. The monoisotopic (exact) mass is 472 g/mol. The molecule has 1 aromatic heterocycles. The van der Waals surface area contributed by atoms with Crippen molar-refractivity contribution in [2.75, 3.05) is 0 Å². The molecule has 0 unspecified atom stereocenters. The van der Waals surface area contributed by atoms with Gasteiger partial charge in [-0.05, 0) is 42.3 Å². The van der Waals surface area contributed by atoms with Crippen LogP contribution in [0.5, 0.6) is 0 Å². The maximum atomic E-state index is 13.4. The van der Waals surface area contributed by atoms with E-state index in [2.05, 4.69) is 15.6 Å². The summed E-state index contributed by atoms with van der Waals surface area (Å²) in [7, 11) is 0. The van der Waals surface area contributed by atoms with Gasteiger partial charge in [-0.2, -0.15) is 5.10 Å². The minimum atomic E-state index is -0.361. The molecule has 1 amide bonds. The molecule has 0 fully saturated rings. The fraction of sp³-hybridized carbons (Fsp3) is 0.0333. The van der Waals surface area contributed by atoms with Gasteiger partial charge in [-0.15, -0.1) is 0 Å². The van der Waals surface area contributed by atoms with Crippen LogP contribution in [0.1, 0.15) is 27.2 Å². The van der Waals surface area contributed by atoms with Gasteiger partial charge in [-0.25, -0.2) is 10.1 Å². The number of aryl methyl sites for hydroxylation is 1. The normalized spacial score (nSPS) is 11.3. The van der Waals surface area contributed by atoms with Gasteiger partial charge in [0.05, 0.1) is 11.3 Å². The van der Waals surface area contributed by atoms with Crippen LogP contribution in [-0.4, -0.2) is 21.4 Å². The number of hydrazone groups is 1. The van der Waals surface area contributed by atoms with Gasteiger partial charge in [0.1, 0.15) is 5.71 Å². The molecule has 0 spiro atoms. The van der Waals surface area contributed by atoms with E-state index in [9.17, 15) is 9.59 Å². The molecule has 0 bridgehead atoms. The summed E-state index contributed by atoms with van der Waals surface area (Å²) in [4.78, 5) is 26.4. The first-order valence-corrected chi connectivity index (χ1v) is 11.6. The zero-order valence-electron chi connectivity index (χ0n) is 19.7. The second-order valence-electron chi connectivity index (χ2n) is 8.30. The number of carbonyl (C=O) groups is 1. The minimum Gasteiger partial charge on any atom is -0.295 e. The number of nitrogens with zero attached hydrogens (tertiary/aromatic N) is 2. The number of aromatic amines is 1. The highest BCUT2D eigenvalue weighted by Gasteiger charge is 2.20. The average Bonchev–Trinajstić information content (AvgIpc) is 3.24. The van der Waals surface area contributed by atoms with Crippen LogP contribution in [0.4, 0.5) is 0 Å². The van der Waals surface area contributed by atoms with E-state index < -0.39 is 0 Å². The molecule has 0 radical (unpaired) electrons. The van der Waals surface area contributed by atoms with Gasteiger partial charge in [0.2, 0.25) is 0 Å². The first-order chi connectivity index (χ1) is 17.6. The van der Waals surface area contributed by atoms with Crippen molar-refractivity contribution >= 4 is 11.6 Å². The van der Waals surface area contributed by atoms with Crippen LogP contribution in [0.25, 0.3) is 16.8 Å². The van der Waals surface area contributed by atoms with Gasteiger partial charge in [0.15, 0.2) is 0 Å². The van der Waals surface area contributed by atoms with Crippen molar-refractivity contribution < 1.29 is 4.79 Å². The van der Waals surface area contributed by atoms with Crippen LogP contribution >= 0.6 is 0 Å². The van der Waals surface area contributed by atoms with Gasteiger partial charge in [0, 0.05) is 16.8 Å². The predicted octanol–water partition coefficient (Wildman–Crippen LogP) is 5.32. The van der Waals surface area contributed by atoms with Crippen LogP contribution in [-0.2, 0) is 0 Å². The Morgan fingerprint density at radius 1 is 0.722 bits per heavy atom. The summed E-state index contributed by atoms with van der Waals surface area (Å²) in [5, 5.41) is 7.56. The number of hydrogen-bond donors (Lipinski definition) is 2. The molecule has 0 saturated heterocycles. The first kappa shape index (κ1) is 22.8. The van der Waals surface area contributed by atoms with Crippen molar-refractivity contribution in [1.29, 1.82) is 0 Å². The molecular weight excluding hydrogens is 448 g/mol. The zero-order valence-corrected chi connectivity index (χ0v) is 19.7. The molecule has 0 aliphatic rings. The highest BCUT2D eigenvalue weighted by Crippen LogP contribution is 2.19. The molecule has 2 N–H and O–H groups in total. The van der Waals surface area contributed by atoms with E-state index in [1.165, 1.54) is 4.68 Å². The molecule has 0 aliphatic carbocycles. The van der Waals surface area contributed by atoms with Crippen LogP contribution in [0.2, 0.25) is 0 Å². The second-order valence-corrected chi connectivity index (χ2v) is 8.30. The molecule has 5 rings (SSSR count). The summed E-state index contributed by atoms with van der Waals surface area (Å²) >= 11 is 0. The predicted molar refractivity (Wildman–Crippen MR) is 143 cm³/mol. The number of para-hydroxylation sites is 1. The van der Waals surface area contributed by atoms with Gasteiger partial charge < -0.3 is 0 Å². The van der Waals surface area contributed by atoms with E-state index in [1.54, 1.807) is 12.1 Å². The molecule has 6 nitrogen and oxygen atoms in total. The Labute approximate surface area is 208 Å². The standard InChI is InChI=1S/C30H24N4O2/c1-21-27(30(36)34(33-21)26-15-9-4-10-16-26)28(24-13-7-3-8-14-24)31-32-29(35)25-19-17-23(18-20-25)22-11-5-2-6-12-22/h2-20,33H,1H3,(H,32,35)/b31-28+.